The van der Waals surface area contributed by atoms with E-state index in [4.69, 9.17) is 21.7 Å². The molecule has 2 amide bonds. The minimum atomic E-state index is -0.849. The van der Waals surface area contributed by atoms with E-state index in [2.05, 4.69) is 26.6 Å². The number of piperazine rings is 1. The van der Waals surface area contributed by atoms with E-state index in [9.17, 15) is 14.4 Å². The summed E-state index contributed by atoms with van der Waals surface area (Å²) >= 11 is 8.89. The van der Waals surface area contributed by atoms with Crippen LogP contribution in [-0.2, 0) is 20.7 Å². The van der Waals surface area contributed by atoms with Gasteiger partial charge >= 0.3 is 5.97 Å². The third-order valence-electron chi connectivity index (χ3n) is 5.44. The Morgan fingerprint density at radius 3 is 2.67 bits per heavy atom. The van der Waals surface area contributed by atoms with Crippen LogP contribution in [0.1, 0.15) is 36.2 Å². The Bertz CT molecular complexity index is 1100. The van der Waals surface area contributed by atoms with Crippen molar-refractivity contribution < 1.29 is 23.9 Å². The molecule has 1 unspecified atom stereocenters. The van der Waals surface area contributed by atoms with Crippen molar-refractivity contribution in [2.45, 2.75) is 32.7 Å². The van der Waals surface area contributed by atoms with Crippen LogP contribution in [0.15, 0.2) is 53.0 Å². The Kier molecular flexibility index (Phi) is 10.2. The average Bonchev–Trinajstić information content (AvgIpc) is 2.85. The molecule has 0 aromatic heterocycles. The number of halogens is 1. The predicted octanol–water partition coefficient (Wildman–Crippen LogP) is 3.48. The first-order valence-corrected chi connectivity index (χ1v) is 13.0. The number of nitrogens with zero attached hydrogens (tertiary/aromatic N) is 1. The highest BCUT2D eigenvalue weighted by molar-refractivity contribution is 9.10. The molecule has 0 spiro atoms. The molecular weight excluding hydrogens is 546 g/mol. The Morgan fingerprint density at radius 2 is 1.97 bits per heavy atom. The number of thiocarbonyl (C=S) groups is 1. The zero-order valence-electron chi connectivity index (χ0n) is 20.3. The number of carbonyl (C=O) groups excluding carboxylic acids is 3. The number of carbonyl (C=O) groups is 3. The fourth-order valence-corrected chi connectivity index (χ4v) is 4.37. The number of ether oxygens (including phenoxy) is 2. The Labute approximate surface area is 224 Å². The molecule has 1 heterocycles. The Hall–Kier alpha value is -2.98. The maximum absolute atomic E-state index is 12.9. The van der Waals surface area contributed by atoms with E-state index in [0.717, 1.165) is 6.42 Å². The minimum absolute atomic E-state index is 0.0795. The molecular formula is C26H30BrN3O5S. The van der Waals surface area contributed by atoms with Crippen molar-refractivity contribution in [2.24, 2.45) is 5.92 Å². The maximum atomic E-state index is 12.9. The molecule has 192 valence electrons. The number of amides is 2. The molecule has 1 fully saturated rings. The van der Waals surface area contributed by atoms with Gasteiger partial charge in [-0.15, -0.1) is 0 Å². The van der Waals surface area contributed by atoms with E-state index in [-0.39, 0.29) is 30.0 Å². The summed E-state index contributed by atoms with van der Waals surface area (Å²) in [5.74, 6) is -0.442. The Balaban J connectivity index is 1.57. The minimum Gasteiger partial charge on any atom is -0.492 e. The monoisotopic (exact) mass is 575 g/mol. The van der Waals surface area contributed by atoms with E-state index in [1.165, 1.54) is 5.56 Å². The van der Waals surface area contributed by atoms with Gasteiger partial charge in [-0.1, -0.05) is 44.2 Å². The van der Waals surface area contributed by atoms with Crippen LogP contribution in [0.2, 0.25) is 0 Å². The summed E-state index contributed by atoms with van der Waals surface area (Å²) in [5.41, 5.74) is 1.55. The van der Waals surface area contributed by atoms with Crippen LogP contribution in [0.5, 0.6) is 5.75 Å². The van der Waals surface area contributed by atoms with Crippen LogP contribution in [0.3, 0.4) is 0 Å². The Morgan fingerprint density at radius 1 is 1.22 bits per heavy atom. The lowest BCUT2D eigenvalue weighted by molar-refractivity contribution is -0.148. The van der Waals surface area contributed by atoms with Gasteiger partial charge in [-0.2, -0.15) is 0 Å². The second-order valence-corrected chi connectivity index (χ2v) is 10.0. The van der Waals surface area contributed by atoms with E-state index in [1.807, 2.05) is 44.2 Å². The van der Waals surface area contributed by atoms with Gasteiger partial charge in [0.1, 0.15) is 11.8 Å². The molecule has 1 atom stereocenters. The van der Waals surface area contributed by atoms with Crippen LogP contribution < -0.4 is 15.4 Å². The summed E-state index contributed by atoms with van der Waals surface area (Å²) in [6.07, 6.45) is 0.606. The summed E-state index contributed by atoms with van der Waals surface area (Å²) in [4.78, 5) is 39.1. The van der Waals surface area contributed by atoms with Crippen molar-refractivity contribution in [1.29, 1.82) is 0 Å². The number of rotatable bonds is 9. The third-order valence-corrected chi connectivity index (χ3v) is 6.39. The summed E-state index contributed by atoms with van der Waals surface area (Å²) in [7, 11) is 0. The summed E-state index contributed by atoms with van der Waals surface area (Å²) in [6.45, 7) is 5.35. The smallest absolute Gasteiger partial charge is 0.308 e. The molecule has 2 aromatic rings. The average molecular weight is 577 g/mol. The van der Waals surface area contributed by atoms with Gasteiger partial charge in [0.2, 0.25) is 5.91 Å². The van der Waals surface area contributed by atoms with Gasteiger partial charge in [0.25, 0.3) is 5.91 Å². The van der Waals surface area contributed by atoms with Crippen molar-refractivity contribution in [2.75, 3.05) is 26.3 Å². The number of benzene rings is 2. The van der Waals surface area contributed by atoms with Gasteiger partial charge in [-0.25, -0.2) is 0 Å². The normalized spacial score (nSPS) is 15.3. The lowest BCUT2D eigenvalue weighted by Gasteiger charge is -2.36. The third kappa shape index (κ3) is 8.03. The van der Waals surface area contributed by atoms with E-state index in [1.54, 1.807) is 23.1 Å². The van der Waals surface area contributed by atoms with Crippen molar-refractivity contribution >= 4 is 51.0 Å². The van der Waals surface area contributed by atoms with Gasteiger partial charge in [0.05, 0.1) is 24.1 Å². The quantitative estimate of drug-likeness (QED) is 0.349. The SMILES string of the molecule is CC(C)COC(=O)CC1C(=O)NCCN1C(=S)NC(=O)c1ccc(OCCc2ccccc2)c(Br)c1. The molecule has 0 radical (unpaired) electrons. The number of hydrogen-bond acceptors (Lipinski definition) is 6. The highest BCUT2D eigenvalue weighted by Gasteiger charge is 2.34. The molecule has 1 aliphatic heterocycles. The van der Waals surface area contributed by atoms with Gasteiger partial charge in [-0.05, 0) is 57.8 Å². The molecule has 10 heteroatoms. The van der Waals surface area contributed by atoms with Crippen LogP contribution in [0, 0.1) is 5.92 Å². The van der Waals surface area contributed by atoms with Gasteiger partial charge in [0.15, 0.2) is 5.11 Å². The molecule has 1 saturated heterocycles. The van der Waals surface area contributed by atoms with Gasteiger partial charge in [0, 0.05) is 25.1 Å². The van der Waals surface area contributed by atoms with Crippen molar-refractivity contribution in [3.8, 4) is 5.75 Å². The highest BCUT2D eigenvalue weighted by atomic mass is 79.9. The topological polar surface area (TPSA) is 97.0 Å². The maximum Gasteiger partial charge on any atom is 0.308 e. The first kappa shape index (κ1) is 27.6. The molecule has 3 rings (SSSR count). The second kappa shape index (κ2) is 13.4. The highest BCUT2D eigenvalue weighted by Crippen LogP contribution is 2.26. The standard InChI is InChI=1S/C26H30BrN3O5S/c1-17(2)16-35-23(31)15-21-25(33)28-11-12-30(21)26(36)29-24(32)19-8-9-22(20(27)14-19)34-13-10-18-6-4-3-5-7-18/h3-9,14,17,21H,10-13,15-16H2,1-2H3,(H,28,33)(H,29,32,36). The number of hydrogen-bond donors (Lipinski definition) is 2. The molecule has 8 nitrogen and oxygen atoms in total. The zero-order chi connectivity index (χ0) is 26.1. The molecule has 36 heavy (non-hydrogen) atoms. The first-order valence-electron chi connectivity index (χ1n) is 11.8. The van der Waals surface area contributed by atoms with Crippen LogP contribution in [0.4, 0.5) is 0 Å². The van der Waals surface area contributed by atoms with Crippen LogP contribution in [-0.4, -0.2) is 60.1 Å². The lowest BCUT2D eigenvalue weighted by Crippen LogP contribution is -2.60. The zero-order valence-corrected chi connectivity index (χ0v) is 22.7. The van der Waals surface area contributed by atoms with E-state index in [0.29, 0.717) is 35.5 Å². The largest absolute Gasteiger partial charge is 0.492 e. The van der Waals surface area contributed by atoms with Crippen molar-refractivity contribution in [3.05, 3.63) is 64.1 Å². The van der Waals surface area contributed by atoms with Gasteiger partial charge in [-0.3, -0.25) is 19.7 Å². The summed E-state index contributed by atoms with van der Waals surface area (Å²) < 4.78 is 11.7. The fourth-order valence-electron chi connectivity index (χ4n) is 3.56. The molecule has 0 saturated carbocycles. The van der Waals surface area contributed by atoms with Crippen LogP contribution in [0.25, 0.3) is 0 Å². The van der Waals surface area contributed by atoms with Crippen LogP contribution >= 0.6 is 28.1 Å². The first-order chi connectivity index (χ1) is 17.2. The number of esters is 1. The molecule has 1 aliphatic rings. The number of nitrogens with one attached hydrogen (secondary N) is 2. The molecule has 0 bridgehead atoms. The predicted molar refractivity (Wildman–Crippen MR) is 144 cm³/mol. The lowest BCUT2D eigenvalue weighted by atomic mass is 10.1. The molecule has 2 aromatic carbocycles. The van der Waals surface area contributed by atoms with Crippen molar-refractivity contribution in [3.63, 3.8) is 0 Å². The summed E-state index contributed by atoms with van der Waals surface area (Å²) in [6, 6.07) is 14.2. The molecule has 2 N–H and O–H groups in total. The van der Waals surface area contributed by atoms with E-state index < -0.39 is 17.9 Å². The van der Waals surface area contributed by atoms with Gasteiger partial charge < -0.3 is 19.7 Å². The summed E-state index contributed by atoms with van der Waals surface area (Å²) in [5, 5.41) is 5.49. The van der Waals surface area contributed by atoms with Crippen molar-refractivity contribution in [1.82, 2.24) is 15.5 Å². The molecule has 0 aliphatic carbocycles. The van der Waals surface area contributed by atoms with E-state index >= 15 is 0 Å². The fraction of sp³-hybridized carbons (Fsp3) is 0.385. The second-order valence-electron chi connectivity index (χ2n) is 8.77.